The molecule has 0 saturated carbocycles. The van der Waals surface area contributed by atoms with Gasteiger partial charge in [0.2, 0.25) is 5.91 Å². The molecule has 2 heterocycles. The molecule has 2 fully saturated rings. The number of ether oxygens (including phenoxy) is 2. The number of hydrogen-bond donors (Lipinski definition) is 2. The van der Waals surface area contributed by atoms with E-state index in [0.717, 1.165) is 11.1 Å². The van der Waals surface area contributed by atoms with Gasteiger partial charge < -0.3 is 24.8 Å². The van der Waals surface area contributed by atoms with Gasteiger partial charge in [0.15, 0.2) is 6.29 Å². The van der Waals surface area contributed by atoms with Gasteiger partial charge in [0.1, 0.15) is 6.04 Å². The molecule has 2 amide bonds. The highest BCUT2D eigenvalue weighted by molar-refractivity contribution is 5.98. The Balaban J connectivity index is 1.22. The van der Waals surface area contributed by atoms with E-state index < -0.39 is 30.3 Å². The molecule has 5 atom stereocenters. The predicted molar refractivity (Wildman–Crippen MR) is 186 cm³/mol. The van der Waals surface area contributed by atoms with Crippen molar-refractivity contribution in [3.05, 3.63) is 137 Å². The molecule has 11 heteroatoms. The van der Waals surface area contributed by atoms with E-state index in [1.54, 1.807) is 24.3 Å². The Morgan fingerprint density at radius 2 is 1.41 bits per heavy atom. The maximum Gasteiger partial charge on any atom is 0.471 e. The fourth-order valence-electron chi connectivity index (χ4n) is 6.85. The van der Waals surface area contributed by atoms with E-state index in [-0.39, 0.29) is 37.7 Å². The Labute approximate surface area is 295 Å². The van der Waals surface area contributed by atoms with Gasteiger partial charge in [-0.3, -0.25) is 14.5 Å². The number of amides is 2. The Hall–Kier alpha value is -4.55. The second kappa shape index (κ2) is 16.2. The fraction of sp³-hybridized carbons (Fsp3) is 0.350. The Bertz CT molecular complexity index is 1700. The smallest absolute Gasteiger partial charge is 0.392 e. The topological polar surface area (TPSA) is 91.3 Å². The largest absolute Gasteiger partial charge is 0.471 e. The summed E-state index contributed by atoms with van der Waals surface area (Å²) in [5.74, 6) is -2.72. The molecule has 0 bridgehead atoms. The van der Waals surface area contributed by atoms with Crippen LogP contribution in [0.4, 0.5) is 18.9 Å². The third-order valence-electron chi connectivity index (χ3n) is 9.57. The quantitative estimate of drug-likeness (QED) is 0.173. The van der Waals surface area contributed by atoms with Crippen molar-refractivity contribution in [1.29, 1.82) is 0 Å². The first-order valence-electron chi connectivity index (χ1n) is 17.2. The highest BCUT2D eigenvalue weighted by Crippen LogP contribution is 2.42. The number of hydrogen-bond acceptors (Lipinski definition) is 6. The normalized spacial score (nSPS) is 22.2. The number of halogens is 3. The first kappa shape index (κ1) is 36.2. The number of nitrogens with zero attached hydrogens (tertiary/aromatic N) is 2. The van der Waals surface area contributed by atoms with E-state index in [0.29, 0.717) is 42.2 Å². The SMILES string of the molecule is C[C@H]1[C@@H](CN(Cc2ccccc2)Cc2ccccc2)O[C@@H](c2ccc(NC(=O)[C@@H]3CCCN3C(=O)C(F)(F)F)cc2)O[C@H]1c1ccc(CO)cc1. The number of carbonyl (C=O) groups is 2. The second-order valence-electron chi connectivity index (χ2n) is 13.2. The van der Waals surface area contributed by atoms with Crippen LogP contribution in [0.15, 0.2) is 109 Å². The zero-order valence-electron chi connectivity index (χ0n) is 28.3. The summed E-state index contributed by atoms with van der Waals surface area (Å²) < 4.78 is 52.7. The van der Waals surface area contributed by atoms with Gasteiger partial charge >= 0.3 is 12.1 Å². The lowest BCUT2D eigenvalue weighted by Gasteiger charge is -2.43. The molecule has 2 N–H and O–H groups in total. The van der Waals surface area contributed by atoms with Gasteiger partial charge in [-0.15, -0.1) is 0 Å². The Morgan fingerprint density at radius 3 is 1.98 bits per heavy atom. The third-order valence-corrected chi connectivity index (χ3v) is 9.57. The maximum absolute atomic E-state index is 13.1. The molecular weight excluding hydrogens is 659 g/mol. The molecule has 0 radical (unpaired) electrons. The van der Waals surface area contributed by atoms with Gasteiger partial charge in [0, 0.05) is 43.3 Å². The van der Waals surface area contributed by atoms with Gasteiger partial charge in [0.25, 0.3) is 0 Å². The van der Waals surface area contributed by atoms with Crippen LogP contribution in [0.5, 0.6) is 0 Å². The molecule has 2 saturated heterocycles. The number of nitrogens with one attached hydrogen (secondary N) is 1. The van der Waals surface area contributed by atoms with Crippen molar-refractivity contribution < 1.29 is 37.3 Å². The summed E-state index contributed by atoms with van der Waals surface area (Å²) in [4.78, 5) is 27.9. The minimum atomic E-state index is -5.04. The third kappa shape index (κ3) is 9.04. The zero-order chi connectivity index (χ0) is 36.0. The van der Waals surface area contributed by atoms with Crippen LogP contribution >= 0.6 is 0 Å². The van der Waals surface area contributed by atoms with E-state index >= 15 is 0 Å². The minimum absolute atomic E-state index is 0.0531. The van der Waals surface area contributed by atoms with Crippen LogP contribution in [0.25, 0.3) is 0 Å². The summed E-state index contributed by atoms with van der Waals surface area (Å²) in [5, 5.41) is 12.3. The molecule has 0 unspecified atom stereocenters. The highest BCUT2D eigenvalue weighted by atomic mass is 19.4. The molecule has 268 valence electrons. The van der Waals surface area contributed by atoms with E-state index in [9.17, 15) is 27.9 Å². The monoisotopic (exact) mass is 701 g/mol. The van der Waals surface area contributed by atoms with Crippen molar-refractivity contribution >= 4 is 17.5 Å². The Morgan fingerprint density at radius 1 is 0.824 bits per heavy atom. The molecule has 2 aliphatic heterocycles. The highest BCUT2D eigenvalue weighted by Gasteiger charge is 2.47. The molecular formula is C40H42F3N3O5. The molecule has 6 rings (SSSR count). The molecule has 0 spiro atoms. The van der Waals surface area contributed by atoms with Crippen molar-refractivity contribution in [2.45, 2.75) is 70.2 Å². The number of aliphatic hydroxyl groups is 1. The first-order chi connectivity index (χ1) is 24.6. The maximum atomic E-state index is 13.1. The van der Waals surface area contributed by atoms with Crippen molar-refractivity contribution in [2.24, 2.45) is 5.92 Å². The van der Waals surface area contributed by atoms with Gasteiger partial charge in [-0.1, -0.05) is 104 Å². The second-order valence-corrected chi connectivity index (χ2v) is 13.2. The van der Waals surface area contributed by atoms with E-state index in [2.05, 4.69) is 41.4 Å². The van der Waals surface area contributed by atoms with E-state index in [1.807, 2.05) is 60.7 Å². The average Bonchev–Trinajstić information content (AvgIpc) is 3.63. The zero-order valence-corrected chi connectivity index (χ0v) is 28.3. The molecule has 0 aliphatic carbocycles. The molecule has 0 aromatic heterocycles. The van der Waals surface area contributed by atoms with Crippen molar-refractivity contribution in [1.82, 2.24) is 9.80 Å². The van der Waals surface area contributed by atoms with Crippen LogP contribution in [0, 0.1) is 5.92 Å². The van der Waals surface area contributed by atoms with Crippen LogP contribution in [0.1, 0.15) is 60.0 Å². The number of alkyl halides is 3. The van der Waals surface area contributed by atoms with Gasteiger partial charge in [-0.05, 0) is 47.2 Å². The van der Waals surface area contributed by atoms with Crippen LogP contribution in [0.2, 0.25) is 0 Å². The van der Waals surface area contributed by atoms with Crippen LogP contribution in [-0.4, -0.2) is 58.1 Å². The predicted octanol–water partition coefficient (Wildman–Crippen LogP) is 7.16. The van der Waals surface area contributed by atoms with E-state index in [1.165, 1.54) is 11.1 Å². The van der Waals surface area contributed by atoms with Gasteiger partial charge in [-0.2, -0.15) is 13.2 Å². The van der Waals surface area contributed by atoms with Crippen molar-refractivity contribution in [2.75, 3.05) is 18.4 Å². The summed E-state index contributed by atoms with van der Waals surface area (Å²) in [6.07, 6.45) is -5.93. The first-order valence-corrected chi connectivity index (χ1v) is 17.2. The number of anilines is 1. The Kier molecular flexibility index (Phi) is 11.5. The standard InChI is InChI=1S/C40H42F3N3O5/c1-27-35(25-45(23-28-9-4-2-5-10-28)24-29-11-6-3-7-12-29)50-38(51-36(27)31-16-14-30(26-47)15-17-31)32-18-20-33(21-19-32)44-37(48)34-13-8-22-46(34)39(49)40(41,42)43/h2-7,9-12,14-21,27,34-36,38,47H,8,13,22-26H2,1H3,(H,44,48)/t27-,34-,35+,36+,38+/m0/s1. The number of aliphatic hydroxyl groups excluding tert-OH is 1. The summed E-state index contributed by atoms with van der Waals surface area (Å²) in [6.45, 7) is 3.96. The van der Waals surface area contributed by atoms with Gasteiger partial charge in [-0.25, -0.2) is 0 Å². The summed E-state index contributed by atoms with van der Waals surface area (Å²) >= 11 is 0. The summed E-state index contributed by atoms with van der Waals surface area (Å²) in [6, 6.07) is 33.9. The molecule has 2 aliphatic rings. The number of rotatable bonds is 11. The lowest BCUT2D eigenvalue weighted by atomic mass is 9.89. The van der Waals surface area contributed by atoms with Crippen LogP contribution < -0.4 is 5.32 Å². The van der Waals surface area contributed by atoms with Crippen molar-refractivity contribution in [3.63, 3.8) is 0 Å². The number of likely N-dealkylation sites (tertiary alicyclic amines) is 1. The fourth-order valence-corrected chi connectivity index (χ4v) is 6.85. The van der Waals surface area contributed by atoms with Crippen LogP contribution in [0.3, 0.4) is 0 Å². The average molecular weight is 702 g/mol. The lowest BCUT2D eigenvalue weighted by molar-refractivity contribution is -0.276. The number of carbonyl (C=O) groups excluding carboxylic acids is 2. The van der Waals surface area contributed by atoms with Crippen molar-refractivity contribution in [3.8, 4) is 0 Å². The lowest BCUT2D eigenvalue weighted by Crippen LogP contribution is -2.48. The number of benzene rings is 4. The molecule has 8 nitrogen and oxygen atoms in total. The molecule has 51 heavy (non-hydrogen) atoms. The summed E-state index contributed by atoms with van der Waals surface area (Å²) in [5.41, 5.74) is 5.20. The van der Waals surface area contributed by atoms with Crippen LogP contribution in [-0.2, 0) is 38.8 Å². The minimum Gasteiger partial charge on any atom is -0.392 e. The van der Waals surface area contributed by atoms with E-state index in [4.69, 9.17) is 9.47 Å². The molecule has 4 aromatic rings. The van der Waals surface area contributed by atoms with Gasteiger partial charge in [0.05, 0.1) is 18.8 Å². The molecule has 4 aromatic carbocycles. The summed E-state index contributed by atoms with van der Waals surface area (Å²) in [7, 11) is 0.